The minimum absolute atomic E-state index is 0.190. The van der Waals surface area contributed by atoms with E-state index in [1.54, 1.807) is 0 Å². The van der Waals surface area contributed by atoms with Gasteiger partial charge in [0.2, 0.25) is 0 Å². The Hall–Kier alpha value is -5.54. The summed E-state index contributed by atoms with van der Waals surface area (Å²) in [6, 6.07) is 41.4. The van der Waals surface area contributed by atoms with Crippen LogP contribution in [0.4, 0.5) is 17.1 Å². The molecule has 0 bridgehead atoms. The minimum atomic E-state index is -0.190. The van der Waals surface area contributed by atoms with Gasteiger partial charge >= 0.3 is 0 Å². The van der Waals surface area contributed by atoms with Gasteiger partial charge in [0.05, 0.1) is 0 Å². The normalized spacial score (nSPS) is 14.7. The first-order valence-electron chi connectivity index (χ1n) is 16.2. The average Bonchev–Trinajstić information content (AvgIpc) is 3.73. The van der Waals surface area contributed by atoms with Crippen molar-refractivity contribution in [2.75, 3.05) is 4.90 Å². The van der Waals surface area contributed by atoms with Crippen LogP contribution in [0.5, 0.6) is 0 Å². The van der Waals surface area contributed by atoms with Gasteiger partial charge in [-0.25, -0.2) is 0 Å². The number of rotatable bonds is 3. The zero-order chi connectivity index (χ0) is 30.6. The summed E-state index contributed by atoms with van der Waals surface area (Å²) < 4.78 is 13.2. The van der Waals surface area contributed by atoms with Crippen LogP contribution in [0.25, 0.3) is 60.9 Å². The van der Waals surface area contributed by atoms with Gasteiger partial charge in [0.25, 0.3) is 0 Å². The summed E-state index contributed by atoms with van der Waals surface area (Å²) in [6.07, 6.45) is 6.45. The molecule has 2 aliphatic carbocycles. The van der Waals surface area contributed by atoms with E-state index in [4.69, 9.17) is 8.83 Å². The van der Waals surface area contributed by atoms with Crippen LogP contribution >= 0.6 is 0 Å². The summed E-state index contributed by atoms with van der Waals surface area (Å²) in [4.78, 5) is 2.34. The van der Waals surface area contributed by atoms with Crippen LogP contribution in [0, 0.1) is 0 Å². The first kappa shape index (κ1) is 25.8. The molecule has 3 heteroatoms. The highest BCUT2D eigenvalue weighted by molar-refractivity contribution is 6.18. The highest BCUT2D eigenvalue weighted by atomic mass is 16.3. The molecule has 2 heterocycles. The highest BCUT2D eigenvalue weighted by Crippen LogP contribution is 2.57. The monoisotopic (exact) mass is 593 g/mol. The van der Waals surface area contributed by atoms with Crippen LogP contribution in [-0.4, -0.2) is 0 Å². The van der Waals surface area contributed by atoms with Gasteiger partial charge in [-0.2, -0.15) is 0 Å². The van der Waals surface area contributed by atoms with E-state index in [-0.39, 0.29) is 5.41 Å². The van der Waals surface area contributed by atoms with E-state index < -0.39 is 0 Å². The Morgan fingerprint density at radius 3 is 2.22 bits per heavy atom. The van der Waals surface area contributed by atoms with Crippen molar-refractivity contribution in [1.82, 2.24) is 0 Å². The van der Waals surface area contributed by atoms with E-state index in [0.717, 1.165) is 63.2 Å². The summed E-state index contributed by atoms with van der Waals surface area (Å²) >= 11 is 0. The standard InChI is InChI=1S/C43H31NO2/c1-43(2)35-23-21-27(44(26-12-4-3-5-13-26)28-20-22-30-29-14-8-10-18-36(29)45-38(30)25-28)24-34(35)40-41(43)32-16-7-6-15-31(32)39-33-17-9-11-19-37(33)46-42(39)40/h3-8,10-16,18-25H,9,17H2,1-2H3. The molecule has 0 aliphatic heterocycles. The van der Waals surface area contributed by atoms with Gasteiger partial charge < -0.3 is 13.7 Å². The van der Waals surface area contributed by atoms with Crippen molar-refractivity contribution >= 4 is 66.8 Å². The van der Waals surface area contributed by atoms with Crippen molar-refractivity contribution in [2.45, 2.75) is 32.1 Å². The quantitative estimate of drug-likeness (QED) is 0.204. The number of anilines is 3. The molecule has 0 atom stereocenters. The molecule has 8 aromatic rings. The van der Waals surface area contributed by atoms with Crippen LogP contribution in [0.3, 0.4) is 0 Å². The van der Waals surface area contributed by atoms with E-state index >= 15 is 0 Å². The lowest BCUT2D eigenvalue weighted by molar-refractivity contribution is 0.595. The van der Waals surface area contributed by atoms with Gasteiger partial charge in [-0.05, 0) is 88.8 Å². The van der Waals surface area contributed by atoms with Crippen molar-refractivity contribution in [2.24, 2.45) is 0 Å². The second-order valence-corrected chi connectivity index (χ2v) is 13.2. The number of nitrogens with zero attached hydrogens (tertiary/aromatic N) is 1. The Morgan fingerprint density at radius 2 is 1.35 bits per heavy atom. The van der Waals surface area contributed by atoms with Gasteiger partial charge in [0.15, 0.2) is 0 Å². The molecule has 220 valence electrons. The Balaban J connectivity index is 1.25. The zero-order valence-corrected chi connectivity index (χ0v) is 25.8. The molecule has 0 fully saturated rings. The van der Waals surface area contributed by atoms with Crippen molar-refractivity contribution in [3.8, 4) is 11.1 Å². The molecule has 46 heavy (non-hydrogen) atoms. The molecular weight excluding hydrogens is 562 g/mol. The summed E-state index contributed by atoms with van der Waals surface area (Å²) in [6.45, 7) is 4.73. The molecule has 0 unspecified atom stereocenters. The minimum Gasteiger partial charge on any atom is -0.456 e. The van der Waals surface area contributed by atoms with Gasteiger partial charge in [0.1, 0.15) is 22.5 Å². The van der Waals surface area contributed by atoms with Gasteiger partial charge in [0, 0.05) is 55.8 Å². The van der Waals surface area contributed by atoms with Crippen LogP contribution < -0.4 is 4.90 Å². The first-order valence-corrected chi connectivity index (χ1v) is 16.2. The van der Waals surface area contributed by atoms with Crippen molar-refractivity contribution in [1.29, 1.82) is 0 Å². The fourth-order valence-electron chi connectivity index (χ4n) is 8.25. The third-order valence-electron chi connectivity index (χ3n) is 10.3. The number of benzene rings is 6. The number of fused-ring (bicyclic) bond motifs is 13. The lowest BCUT2D eigenvalue weighted by Crippen LogP contribution is -2.16. The summed E-state index contributed by atoms with van der Waals surface area (Å²) in [7, 11) is 0. The van der Waals surface area contributed by atoms with Gasteiger partial charge in [-0.1, -0.05) is 86.7 Å². The number of allylic oxidation sites excluding steroid dienone is 1. The summed E-state index contributed by atoms with van der Waals surface area (Å²) in [5.41, 5.74) is 12.4. The highest BCUT2D eigenvalue weighted by Gasteiger charge is 2.40. The van der Waals surface area contributed by atoms with Crippen molar-refractivity contribution in [3.05, 3.63) is 144 Å². The molecule has 0 N–H and O–H groups in total. The molecule has 0 saturated heterocycles. The predicted octanol–water partition coefficient (Wildman–Crippen LogP) is 12.2. The van der Waals surface area contributed by atoms with Crippen molar-refractivity contribution < 1.29 is 8.83 Å². The van der Waals surface area contributed by atoms with E-state index in [0.29, 0.717) is 0 Å². The molecule has 0 spiro atoms. The molecule has 6 aromatic carbocycles. The second kappa shape index (κ2) is 9.24. The second-order valence-electron chi connectivity index (χ2n) is 13.2. The third kappa shape index (κ3) is 3.43. The van der Waals surface area contributed by atoms with Crippen LogP contribution in [-0.2, 0) is 11.8 Å². The summed E-state index contributed by atoms with van der Waals surface area (Å²) in [5, 5.41) is 6.16. The van der Waals surface area contributed by atoms with E-state index in [9.17, 15) is 0 Å². The molecule has 10 rings (SSSR count). The maximum Gasteiger partial charge on any atom is 0.143 e. The van der Waals surface area contributed by atoms with Crippen molar-refractivity contribution in [3.63, 3.8) is 0 Å². The Kier molecular flexibility index (Phi) is 5.18. The van der Waals surface area contributed by atoms with E-state index in [1.807, 2.05) is 12.1 Å². The number of hydrogen-bond donors (Lipinski definition) is 0. The molecule has 0 saturated carbocycles. The first-order chi connectivity index (χ1) is 22.6. The largest absolute Gasteiger partial charge is 0.456 e. The van der Waals surface area contributed by atoms with E-state index in [1.165, 1.54) is 44.0 Å². The maximum atomic E-state index is 6.83. The van der Waals surface area contributed by atoms with E-state index in [2.05, 4.69) is 134 Å². The summed E-state index contributed by atoms with van der Waals surface area (Å²) in [5.74, 6) is 1.01. The fraction of sp³-hybridized carbons (Fsp3) is 0.116. The molecule has 2 aliphatic rings. The predicted molar refractivity (Wildman–Crippen MR) is 191 cm³/mol. The lowest BCUT2D eigenvalue weighted by atomic mass is 9.79. The third-order valence-corrected chi connectivity index (χ3v) is 10.3. The fourth-order valence-corrected chi connectivity index (χ4v) is 8.25. The number of hydrogen-bond acceptors (Lipinski definition) is 3. The zero-order valence-electron chi connectivity index (χ0n) is 25.8. The smallest absolute Gasteiger partial charge is 0.143 e. The number of furan rings is 2. The average molecular weight is 594 g/mol. The number of para-hydroxylation sites is 2. The van der Waals surface area contributed by atoms with Gasteiger partial charge in [-0.3, -0.25) is 0 Å². The Bertz CT molecular complexity index is 2560. The van der Waals surface area contributed by atoms with Crippen LogP contribution in [0.15, 0.2) is 130 Å². The molecule has 2 aromatic heterocycles. The lowest BCUT2D eigenvalue weighted by Gasteiger charge is -2.27. The maximum absolute atomic E-state index is 6.83. The van der Waals surface area contributed by atoms with Crippen LogP contribution in [0.1, 0.15) is 42.7 Å². The Morgan fingerprint density at radius 1 is 0.630 bits per heavy atom. The molecule has 3 nitrogen and oxygen atoms in total. The molecular formula is C43H31NO2. The Labute approximate surface area is 267 Å². The topological polar surface area (TPSA) is 29.5 Å². The molecule has 0 radical (unpaired) electrons. The van der Waals surface area contributed by atoms with Crippen LogP contribution in [0.2, 0.25) is 0 Å². The SMILES string of the molecule is CC1(C)c2ccc(N(c3ccccc3)c3ccc4c(c3)oc3ccccc34)cc2-c2c1c1ccccc1c1c3c(oc21)C=CCC3. The van der Waals surface area contributed by atoms with Gasteiger partial charge in [-0.15, -0.1) is 0 Å². The number of aryl methyl sites for hydroxylation is 1. The molecule has 0 amide bonds.